The number of nitrogens with zero attached hydrogens (tertiary/aromatic N) is 1. The lowest BCUT2D eigenvalue weighted by molar-refractivity contribution is -0.143. The van der Waals surface area contributed by atoms with Crippen molar-refractivity contribution >= 4 is 45.8 Å². The minimum absolute atomic E-state index is 0.0798. The fourth-order valence-corrected chi connectivity index (χ4v) is 4.36. The third kappa shape index (κ3) is 4.24. The number of carbonyl (C=O) groups is 2. The molecular weight excluding hydrogens is 464 g/mol. The summed E-state index contributed by atoms with van der Waals surface area (Å²) in [6.07, 6.45) is -2.55. The lowest BCUT2D eigenvalue weighted by atomic mass is 9.92. The van der Waals surface area contributed by atoms with E-state index in [1.54, 1.807) is 13.0 Å². The van der Waals surface area contributed by atoms with E-state index in [0.29, 0.717) is 29.0 Å². The van der Waals surface area contributed by atoms with Gasteiger partial charge in [-0.2, -0.15) is 13.2 Å². The third-order valence-corrected chi connectivity index (χ3v) is 6.29. The summed E-state index contributed by atoms with van der Waals surface area (Å²) in [6, 6.07) is 9.01. The molecular formula is C23H19Cl2F3N2O2. The maximum absolute atomic E-state index is 14.3. The number of aryl methyl sites for hydroxylation is 1. The molecule has 0 radical (unpaired) electrons. The first kappa shape index (κ1) is 22.7. The van der Waals surface area contributed by atoms with Crippen LogP contribution in [0.15, 0.2) is 36.4 Å². The number of fused-ring (bicyclic) bond motifs is 1. The van der Waals surface area contributed by atoms with Crippen LogP contribution >= 0.6 is 23.2 Å². The van der Waals surface area contributed by atoms with Gasteiger partial charge in [0.15, 0.2) is 0 Å². The van der Waals surface area contributed by atoms with E-state index in [0.717, 1.165) is 11.0 Å². The van der Waals surface area contributed by atoms with Crippen molar-refractivity contribution < 1.29 is 22.8 Å². The Hall–Kier alpha value is -2.51. The lowest BCUT2D eigenvalue weighted by Gasteiger charge is -2.26. The summed E-state index contributed by atoms with van der Waals surface area (Å²) < 4.78 is 44.0. The van der Waals surface area contributed by atoms with Gasteiger partial charge in [0.25, 0.3) is 11.7 Å². The first-order valence-electron chi connectivity index (χ1n) is 10.1. The number of hydrogen-bond acceptors (Lipinski definition) is 2. The Morgan fingerprint density at radius 1 is 1.12 bits per heavy atom. The zero-order valence-corrected chi connectivity index (χ0v) is 18.5. The van der Waals surface area contributed by atoms with E-state index in [4.69, 9.17) is 23.2 Å². The quantitative estimate of drug-likeness (QED) is 0.348. The molecule has 1 aliphatic rings. The first-order chi connectivity index (χ1) is 15.1. The number of alkyl halides is 3. The molecule has 4 rings (SSSR count). The fraction of sp³-hybridized carbons (Fsp3) is 0.304. The highest BCUT2D eigenvalue weighted by molar-refractivity contribution is 6.45. The van der Waals surface area contributed by atoms with Crippen LogP contribution in [0.25, 0.3) is 10.9 Å². The Morgan fingerprint density at radius 2 is 1.84 bits per heavy atom. The van der Waals surface area contributed by atoms with Gasteiger partial charge < -0.3 is 9.88 Å². The molecule has 168 valence electrons. The Labute approximate surface area is 192 Å². The summed E-state index contributed by atoms with van der Waals surface area (Å²) in [4.78, 5) is 25.6. The van der Waals surface area contributed by atoms with Gasteiger partial charge in [-0.05, 0) is 56.0 Å². The summed E-state index contributed by atoms with van der Waals surface area (Å²) >= 11 is 12.1. The van der Waals surface area contributed by atoms with Gasteiger partial charge in [-0.25, -0.2) is 0 Å². The van der Waals surface area contributed by atoms with Crippen molar-refractivity contribution in [1.82, 2.24) is 9.88 Å². The Morgan fingerprint density at radius 3 is 2.44 bits per heavy atom. The third-order valence-electron chi connectivity index (χ3n) is 5.70. The second-order valence-electron chi connectivity index (χ2n) is 7.99. The summed E-state index contributed by atoms with van der Waals surface area (Å²) in [5, 5.41) is 3.18. The van der Waals surface area contributed by atoms with Crippen LogP contribution in [0.4, 0.5) is 13.2 Å². The number of nitrogens with one attached hydrogen (secondary N) is 1. The van der Waals surface area contributed by atoms with E-state index in [1.165, 1.54) is 30.3 Å². The molecule has 32 heavy (non-hydrogen) atoms. The van der Waals surface area contributed by atoms with Crippen LogP contribution < -0.4 is 5.32 Å². The van der Waals surface area contributed by atoms with Crippen LogP contribution in [0.5, 0.6) is 0 Å². The fourth-order valence-electron chi connectivity index (χ4n) is 3.89. The topological polar surface area (TPSA) is 51.1 Å². The molecule has 0 bridgehead atoms. The number of rotatable bonds is 5. The van der Waals surface area contributed by atoms with Crippen LogP contribution in [-0.2, 0) is 17.5 Å². The Balaban J connectivity index is 1.91. The number of carbonyl (C=O) groups excluding carboxylic acids is 2. The van der Waals surface area contributed by atoms with Crippen molar-refractivity contribution in [1.29, 1.82) is 0 Å². The molecule has 1 N–H and O–H groups in total. The van der Waals surface area contributed by atoms with Gasteiger partial charge in [0, 0.05) is 33.5 Å². The number of benzene rings is 2. The highest BCUT2D eigenvalue weighted by Gasteiger charge is 2.43. The second kappa shape index (κ2) is 8.45. The molecule has 1 fully saturated rings. The number of Topliss-reactive ketones (excluding diaryl/α,β-unsaturated/α-hetero) is 1. The van der Waals surface area contributed by atoms with Crippen molar-refractivity contribution in [3.63, 3.8) is 0 Å². The highest BCUT2D eigenvalue weighted by Crippen LogP contribution is 2.40. The predicted molar refractivity (Wildman–Crippen MR) is 117 cm³/mol. The molecule has 0 unspecified atom stereocenters. The molecule has 0 atom stereocenters. The van der Waals surface area contributed by atoms with E-state index < -0.39 is 29.1 Å². The van der Waals surface area contributed by atoms with Crippen molar-refractivity contribution in [2.75, 3.05) is 0 Å². The lowest BCUT2D eigenvalue weighted by Crippen LogP contribution is -2.43. The summed E-state index contributed by atoms with van der Waals surface area (Å²) in [6.45, 7) is 1.46. The van der Waals surface area contributed by atoms with Crippen molar-refractivity contribution in [2.45, 2.75) is 44.9 Å². The molecule has 0 saturated heterocycles. The van der Waals surface area contributed by atoms with Gasteiger partial charge in [0.05, 0.1) is 5.56 Å². The van der Waals surface area contributed by atoms with E-state index in [9.17, 15) is 22.8 Å². The van der Waals surface area contributed by atoms with E-state index in [2.05, 4.69) is 5.32 Å². The predicted octanol–water partition coefficient (Wildman–Crippen LogP) is 6.18. The average Bonchev–Trinajstić information content (AvgIpc) is 2.99. The SMILES string of the molecule is Cc1ccc2c(c1)c(C(=O)C(=O)NC1CCC1)c(C(F)(F)F)n2Cc1ccc(Cl)cc1Cl. The van der Waals surface area contributed by atoms with Gasteiger partial charge in [-0.1, -0.05) is 40.9 Å². The van der Waals surface area contributed by atoms with Gasteiger partial charge >= 0.3 is 6.18 Å². The van der Waals surface area contributed by atoms with E-state index in [1.807, 2.05) is 0 Å². The summed E-state index contributed by atoms with van der Waals surface area (Å²) in [7, 11) is 0. The van der Waals surface area contributed by atoms with Gasteiger partial charge in [-0.15, -0.1) is 0 Å². The Bertz CT molecular complexity index is 1230. The standard InChI is InChI=1S/C23H19Cl2F3N2O2/c1-12-5-8-18-16(9-12)19(20(31)22(32)29-15-3-2-4-15)21(23(26,27)28)30(18)11-13-6-7-14(24)10-17(13)25/h5-10,15H,2-4,11H2,1H3,(H,29,32). The molecule has 0 aliphatic heterocycles. The van der Waals surface area contributed by atoms with Crippen molar-refractivity contribution in [2.24, 2.45) is 0 Å². The zero-order valence-electron chi connectivity index (χ0n) is 17.0. The number of aromatic nitrogens is 1. The molecule has 1 aromatic heterocycles. The maximum atomic E-state index is 14.3. The molecule has 1 aliphatic carbocycles. The number of hydrogen-bond donors (Lipinski definition) is 1. The molecule has 3 aromatic rings. The summed E-state index contributed by atoms with van der Waals surface area (Å²) in [5.74, 6) is -2.22. The molecule has 2 aromatic carbocycles. The average molecular weight is 483 g/mol. The van der Waals surface area contributed by atoms with Gasteiger partial charge in [0.2, 0.25) is 0 Å². The number of ketones is 1. The van der Waals surface area contributed by atoms with Gasteiger partial charge in [0.1, 0.15) is 5.69 Å². The number of amides is 1. The van der Waals surface area contributed by atoms with Crippen molar-refractivity contribution in [3.05, 3.63) is 68.8 Å². The molecule has 1 heterocycles. The minimum atomic E-state index is -4.88. The smallest absolute Gasteiger partial charge is 0.346 e. The van der Waals surface area contributed by atoms with E-state index in [-0.39, 0.29) is 28.5 Å². The maximum Gasteiger partial charge on any atom is 0.432 e. The van der Waals surface area contributed by atoms with Crippen LogP contribution in [-0.4, -0.2) is 22.3 Å². The molecule has 4 nitrogen and oxygen atoms in total. The number of halogens is 5. The van der Waals surface area contributed by atoms with Crippen LogP contribution in [0, 0.1) is 6.92 Å². The molecule has 9 heteroatoms. The largest absolute Gasteiger partial charge is 0.432 e. The molecule has 1 amide bonds. The van der Waals surface area contributed by atoms with Crippen LogP contribution in [0.3, 0.4) is 0 Å². The zero-order chi connectivity index (χ0) is 23.2. The monoisotopic (exact) mass is 482 g/mol. The summed E-state index contributed by atoms with van der Waals surface area (Å²) in [5.41, 5.74) is -0.553. The molecule has 0 spiro atoms. The van der Waals surface area contributed by atoms with Crippen LogP contribution in [0.1, 0.15) is 46.4 Å². The van der Waals surface area contributed by atoms with Gasteiger partial charge in [-0.3, -0.25) is 9.59 Å². The normalized spacial score (nSPS) is 14.4. The second-order valence-corrected chi connectivity index (χ2v) is 8.84. The first-order valence-corrected chi connectivity index (χ1v) is 10.8. The Kier molecular flexibility index (Phi) is 5.98. The van der Waals surface area contributed by atoms with E-state index >= 15 is 0 Å². The van der Waals surface area contributed by atoms with Crippen LogP contribution in [0.2, 0.25) is 10.0 Å². The minimum Gasteiger partial charge on any atom is -0.346 e. The van der Waals surface area contributed by atoms with Crippen molar-refractivity contribution in [3.8, 4) is 0 Å². The molecule has 1 saturated carbocycles. The highest BCUT2D eigenvalue weighted by atomic mass is 35.5.